The quantitative estimate of drug-likeness (QED) is 0.544. The Kier molecular flexibility index (Phi) is 6.03. The summed E-state index contributed by atoms with van der Waals surface area (Å²) < 4.78 is 11.1. The Morgan fingerprint density at radius 1 is 1.16 bits per heavy atom. The van der Waals surface area contributed by atoms with E-state index in [0.717, 1.165) is 30.0 Å². The van der Waals surface area contributed by atoms with E-state index in [2.05, 4.69) is 10.6 Å². The minimum absolute atomic E-state index is 0.0645. The molecule has 9 nitrogen and oxygen atoms in total. The fourth-order valence-corrected chi connectivity index (χ4v) is 3.51. The number of urea groups is 1. The van der Waals surface area contributed by atoms with E-state index in [4.69, 9.17) is 9.15 Å². The summed E-state index contributed by atoms with van der Waals surface area (Å²) in [6.45, 7) is 4.32. The third-order valence-electron chi connectivity index (χ3n) is 5.16. The van der Waals surface area contributed by atoms with E-state index < -0.39 is 17.8 Å². The summed E-state index contributed by atoms with van der Waals surface area (Å²) in [6.07, 6.45) is 2.22. The highest BCUT2D eigenvalue weighted by molar-refractivity contribution is 6.15. The van der Waals surface area contributed by atoms with Crippen LogP contribution in [0.2, 0.25) is 0 Å². The smallest absolute Gasteiger partial charge is 0.329 e. The van der Waals surface area contributed by atoms with Gasteiger partial charge in [0.25, 0.3) is 5.91 Å². The molecule has 9 heteroatoms. The van der Waals surface area contributed by atoms with E-state index in [1.54, 1.807) is 12.1 Å². The number of furan rings is 1. The Morgan fingerprint density at radius 2 is 1.94 bits per heavy atom. The summed E-state index contributed by atoms with van der Waals surface area (Å²) in [5.41, 5.74) is 1.71. The minimum atomic E-state index is -0.643. The number of carbonyl (C=O) groups is 3. The lowest BCUT2D eigenvalue weighted by Gasteiger charge is -2.26. The number of anilines is 2. The second-order valence-electron chi connectivity index (χ2n) is 7.21. The number of amides is 4. The minimum Gasteiger partial charge on any atom is -0.441 e. The second-order valence-corrected chi connectivity index (χ2v) is 7.21. The first-order chi connectivity index (χ1) is 15.0. The normalized spacial score (nSPS) is 17.9. The van der Waals surface area contributed by atoms with Gasteiger partial charge in [-0.15, -0.1) is 0 Å². The molecule has 0 radical (unpaired) electrons. The van der Waals surface area contributed by atoms with Crippen molar-refractivity contribution in [3.63, 3.8) is 0 Å². The fourth-order valence-electron chi connectivity index (χ4n) is 3.51. The number of ether oxygens (including phenoxy) is 1. The molecular weight excluding hydrogens is 400 g/mol. The van der Waals surface area contributed by atoms with Gasteiger partial charge in [-0.1, -0.05) is 25.1 Å². The average Bonchev–Trinajstić information content (AvgIpc) is 3.35. The SMILES string of the molecule is CCc1ccccc1NC(=O)CN1C(=O)N/C(=C/c2ccc(N3CCOCC3)o2)C1=O. The molecule has 0 aliphatic carbocycles. The van der Waals surface area contributed by atoms with Crippen molar-refractivity contribution in [3.05, 3.63) is 53.4 Å². The van der Waals surface area contributed by atoms with Gasteiger partial charge in [0.2, 0.25) is 5.91 Å². The van der Waals surface area contributed by atoms with Crippen LogP contribution in [0.3, 0.4) is 0 Å². The van der Waals surface area contributed by atoms with Crippen molar-refractivity contribution in [3.8, 4) is 0 Å². The molecule has 2 aliphatic heterocycles. The maximum atomic E-state index is 12.7. The predicted molar refractivity (Wildman–Crippen MR) is 114 cm³/mol. The Hall–Kier alpha value is -3.59. The van der Waals surface area contributed by atoms with E-state index in [1.807, 2.05) is 36.1 Å². The van der Waals surface area contributed by atoms with E-state index >= 15 is 0 Å². The van der Waals surface area contributed by atoms with Gasteiger partial charge in [-0.2, -0.15) is 0 Å². The largest absolute Gasteiger partial charge is 0.441 e. The average molecular weight is 424 g/mol. The first-order valence-corrected chi connectivity index (χ1v) is 10.2. The molecule has 0 bridgehead atoms. The topological polar surface area (TPSA) is 104 Å². The number of hydrogen-bond acceptors (Lipinski definition) is 6. The lowest BCUT2D eigenvalue weighted by molar-refractivity contribution is -0.127. The van der Waals surface area contributed by atoms with E-state index in [1.165, 1.54) is 6.08 Å². The Bertz CT molecular complexity index is 1020. The summed E-state index contributed by atoms with van der Waals surface area (Å²) in [4.78, 5) is 40.3. The number of benzene rings is 1. The molecule has 0 unspecified atom stereocenters. The number of nitrogens with one attached hydrogen (secondary N) is 2. The lowest BCUT2D eigenvalue weighted by Crippen LogP contribution is -2.38. The molecular formula is C22H24N4O5. The molecule has 1 aromatic carbocycles. The summed E-state index contributed by atoms with van der Waals surface area (Å²) in [6, 6.07) is 10.3. The van der Waals surface area contributed by atoms with Gasteiger partial charge < -0.3 is 24.7 Å². The Labute approximate surface area is 179 Å². The van der Waals surface area contributed by atoms with Crippen molar-refractivity contribution < 1.29 is 23.5 Å². The molecule has 31 heavy (non-hydrogen) atoms. The molecule has 3 heterocycles. The summed E-state index contributed by atoms with van der Waals surface area (Å²) in [7, 11) is 0. The van der Waals surface area contributed by atoms with Crippen molar-refractivity contribution in [1.29, 1.82) is 0 Å². The van der Waals surface area contributed by atoms with Crippen LogP contribution in [-0.2, 0) is 20.7 Å². The number of aryl methyl sites for hydroxylation is 1. The fraction of sp³-hybridized carbons (Fsp3) is 0.318. The van der Waals surface area contributed by atoms with Crippen LogP contribution in [0.1, 0.15) is 18.2 Å². The van der Waals surface area contributed by atoms with Crippen LogP contribution in [0, 0.1) is 0 Å². The van der Waals surface area contributed by atoms with Crippen LogP contribution in [0.15, 0.2) is 46.5 Å². The number of para-hydroxylation sites is 1. The summed E-state index contributed by atoms with van der Waals surface area (Å²) >= 11 is 0. The Balaban J connectivity index is 1.41. The van der Waals surface area contributed by atoms with Crippen LogP contribution in [0.25, 0.3) is 6.08 Å². The van der Waals surface area contributed by atoms with Crippen LogP contribution in [0.5, 0.6) is 0 Å². The van der Waals surface area contributed by atoms with Gasteiger partial charge in [0.1, 0.15) is 18.0 Å². The van der Waals surface area contributed by atoms with Gasteiger partial charge in [-0.3, -0.25) is 9.59 Å². The zero-order valence-corrected chi connectivity index (χ0v) is 17.2. The first-order valence-electron chi connectivity index (χ1n) is 10.2. The standard InChI is InChI=1S/C22H24N4O5/c1-2-15-5-3-4-6-17(15)23-19(27)14-26-21(28)18(24-22(26)29)13-16-7-8-20(31-16)25-9-11-30-12-10-25/h3-8,13H,2,9-12,14H2,1H3,(H,23,27)(H,24,29)/b18-13+. The molecule has 2 aliphatic rings. The third-order valence-corrected chi connectivity index (χ3v) is 5.16. The monoisotopic (exact) mass is 424 g/mol. The molecule has 2 saturated heterocycles. The van der Waals surface area contributed by atoms with Crippen molar-refractivity contribution >= 4 is 35.5 Å². The number of nitrogens with zero attached hydrogens (tertiary/aromatic N) is 2. The highest BCUT2D eigenvalue weighted by Crippen LogP contribution is 2.23. The second kappa shape index (κ2) is 9.05. The van der Waals surface area contributed by atoms with Crippen LogP contribution < -0.4 is 15.5 Å². The lowest BCUT2D eigenvalue weighted by atomic mass is 10.1. The first kappa shape index (κ1) is 20.7. The van der Waals surface area contributed by atoms with Crippen molar-refractivity contribution in [2.24, 2.45) is 0 Å². The maximum absolute atomic E-state index is 12.7. The van der Waals surface area contributed by atoms with Gasteiger partial charge in [0.05, 0.1) is 13.2 Å². The van der Waals surface area contributed by atoms with Crippen molar-refractivity contribution in [2.75, 3.05) is 43.1 Å². The molecule has 0 atom stereocenters. The molecule has 0 spiro atoms. The maximum Gasteiger partial charge on any atom is 0.329 e. The van der Waals surface area contributed by atoms with Gasteiger partial charge >= 0.3 is 6.03 Å². The van der Waals surface area contributed by atoms with Crippen LogP contribution in [-0.4, -0.2) is 55.6 Å². The molecule has 4 amide bonds. The summed E-state index contributed by atoms with van der Waals surface area (Å²) in [5, 5.41) is 5.27. The molecule has 2 fully saturated rings. The summed E-state index contributed by atoms with van der Waals surface area (Å²) in [5.74, 6) is 0.0950. The zero-order valence-electron chi connectivity index (χ0n) is 17.2. The molecule has 0 saturated carbocycles. The molecule has 2 aromatic rings. The van der Waals surface area contributed by atoms with E-state index in [0.29, 0.717) is 30.5 Å². The van der Waals surface area contributed by atoms with E-state index in [9.17, 15) is 14.4 Å². The van der Waals surface area contributed by atoms with Crippen molar-refractivity contribution in [2.45, 2.75) is 13.3 Å². The van der Waals surface area contributed by atoms with Crippen LogP contribution >= 0.6 is 0 Å². The number of hydrogen-bond donors (Lipinski definition) is 2. The third kappa shape index (κ3) is 4.61. The van der Waals surface area contributed by atoms with Gasteiger partial charge in [-0.05, 0) is 24.1 Å². The van der Waals surface area contributed by atoms with Crippen LogP contribution in [0.4, 0.5) is 16.4 Å². The number of imide groups is 1. The van der Waals surface area contributed by atoms with Gasteiger partial charge in [0.15, 0.2) is 5.88 Å². The zero-order chi connectivity index (χ0) is 21.8. The molecule has 4 rings (SSSR count). The Morgan fingerprint density at radius 3 is 2.71 bits per heavy atom. The molecule has 2 N–H and O–H groups in total. The number of morpholine rings is 1. The number of carbonyl (C=O) groups excluding carboxylic acids is 3. The highest BCUT2D eigenvalue weighted by Gasteiger charge is 2.35. The molecule has 162 valence electrons. The van der Waals surface area contributed by atoms with E-state index in [-0.39, 0.29) is 12.2 Å². The highest BCUT2D eigenvalue weighted by atomic mass is 16.5. The predicted octanol–water partition coefficient (Wildman–Crippen LogP) is 2.21. The number of rotatable bonds is 6. The molecule has 1 aromatic heterocycles. The van der Waals surface area contributed by atoms with Gasteiger partial charge in [0, 0.05) is 30.9 Å². The van der Waals surface area contributed by atoms with Crippen molar-refractivity contribution in [1.82, 2.24) is 10.2 Å². The van der Waals surface area contributed by atoms with Gasteiger partial charge in [-0.25, -0.2) is 9.69 Å².